The average molecular weight is 349 g/mol. The van der Waals surface area contributed by atoms with Gasteiger partial charge in [-0.1, -0.05) is 6.07 Å². The first-order valence-electron chi connectivity index (χ1n) is 8.16. The third kappa shape index (κ3) is 4.76. The third-order valence-corrected chi connectivity index (χ3v) is 3.66. The van der Waals surface area contributed by atoms with Crippen molar-refractivity contribution in [3.8, 4) is 5.75 Å². The van der Waals surface area contributed by atoms with Gasteiger partial charge in [0.05, 0.1) is 7.11 Å². The minimum atomic E-state index is -0.242. The van der Waals surface area contributed by atoms with Crippen molar-refractivity contribution < 1.29 is 9.53 Å². The van der Waals surface area contributed by atoms with Gasteiger partial charge in [0.15, 0.2) is 0 Å². The molecule has 0 spiro atoms. The van der Waals surface area contributed by atoms with E-state index in [1.54, 1.807) is 31.8 Å². The second-order valence-electron chi connectivity index (χ2n) is 5.49. The summed E-state index contributed by atoms with van der Waals surface area (Å²) in [4.78, 5) is 24.7. The van der Waals surface area contributed by atoms with Crippen molar-refractivity contribution in [1.29, 1.82) is 0 Å². The molecule has 7 heteroatoms. The molecule has 0 aliphatic heterocycles. The van der Waals surface area contributed by atoms with Gasteiger partial charge in [-0.3, -0.25) is 9.78 Å². The molecule has 1 aromatic carbocycles. The molecule has 0 bridgehead atoms. The third-order valence-electron chi connectivity index (χ3n) is 3.66. The molecule has 0 radical (unpaired) electrons. The SMILES string of the molecule is COc1ccc(Nc2nccc(C(=O)NCCc3cccnc3)n2)cc1. The summed E-state index contributed by atoms with van der Waals surface area (Å²) in [6.07, 6.45) is 5.77. The van der Waals surface area contributed by atoms with E-state index in [2.05, 4.69) is 25.6 Å². The van der Waals surface area contributed by atoms with Crippen LogP contribution in [0, 0.1) is 0 Å². The van der Waals surface area contributed by atoms with Crippen LogP contribution in [0.1, 0.15) is 16.1 Å². The van der Waals surface area contributed by atoms with Gasteiger partial charge >= 0.3 is 0 Å². The average Bonchev–Trinajstić information content (AvgIpc) is 2.69. The Bertz CT molecular complexity index is 853. The molecule has 2 heterocycles. The maximum Gasteiger partial charge on any atom is 0.270 e. The highest BCUT2D eigenvalue weighted by atomic mass is 16.5. The number of carbonyl (C=O) groups is 1. The molecule has 3 aromatic rings. The fourth-order valence-electron chi connectivity index (χ4n) is 2.31. The fraction of sp³-hybridized carbons (Fsp3) is 0.158. The summed E-state index contributed by atoms with van der Waals surface area (Å²) in [5.74, 6) is 0.877. The molecular weight excluding hydrogens is 330 g/mol. The van der Waals surface area contributed by atoms with Crippen LogP contribution in [0.25, 0.3) is 0 Å². The van der Waals surface area contributed by atoms with Crippen LogP contribution < -0.4 is 15.4 Å². The molecule has 1 amide bonds. The number of nitrogens with one attached hydrogen (secondary N) is 2. The molecule has 26 heavy (non-hydrogen) atoms. The molecule has 2 aromatic heterocycles. The monoisotopic (exact) mass is 349 g/mol. The maximum absolute atomic E-state index is 12.3. The molecule has 0 fully saturated rings. The van der Waals surface area contributed by atoms with E-state index in [1.165, 1.54) is 0 Å². The van der Waals surface area contributed by atoms with Gasteiger partial charge in [-0.25, -0.2) is 9.97 Å². The first-order chi connectivity index (χ1) is 12.7. The second-order valence-corrected chi connectivity index (χ2v) is 5.49. The summed E-state index contributed by atoms with van der Waals surface area (Å²) < 4.78 is 5.12. The quantitative estimate of drug-likeness (QED) is 0.681. The number of rotatable bonds is 7. The Kier molecular flexibility index (Phi) is 5.72. The lowest BCUT2D eigenvalue weighted by molar-refractivity contribution is 0.0949. The topological polar surface area (TPSA) is 89.0 Å². The number of benzene rings is 1. The number of ether oxygens (including phenoxy) is 1. The number of anilines is 2. The minimum absolute atomic E-state index is 0.242. The number of aromatic nitrogens is 3. The van der Waals surface area contributed by atoms with Gasteiger partial charge in [-0.15, -0.1) is 0 Å². The summed E-state index contributed by atoms with van der Waals surface area (Å²) in [6.45, 7) is 0.510. The molecule has 0 aliphatic rings. The van der Waals surface area contributed by atoms with Crippen LogP contribution in [-0.4, -0.2) is 34.5 Å². The van der Waals surface area contributed by atoms with Crippen LogP contribution in [0.5, 0.6) is 5.75 Å². The summed E-state index contributed by atoms with van der Waals surface area (Å²) in [6, 6.07) is 12.8. The Morgan fingerprint density at radius 2 is 1.96 bits per heavy atom. The smallest absolute Gasteiger partial charge is 0.270 e. The van der Waals surface area contributed by atoms with Crippen molar-refractivity contribution in [2.24, 2.45) is 0 Å². The van der Waals surface area contributed by atoms with Crippen molar-refractivity contribution >= 4 is 17.5 Å². The van der Waals surface area contributed by atoms with Crippen LogP contribution in [0.2, 0.25) is 0 Å². The maximum atomic E-state index is 12.3. The van der Waals surface area contributed by atoms with Crippen LogP contribution in [0.15, 0.2) is 61.1 Å². The summed E-state index contributed by atoms with van der Waals surface area (Å²) in [5, 5.41) is 5.92. The highest BCUT2D eigenvalue weighted by molar-refractivity contribution is 5.92. The zero-order chi connectivity index (χ0) is 18.2. The van der Waals surface area contributed by atoms with Crippen molar-refractivity contribution in [2.45, 2.75) is 6.42 Å². The van der Waals surface area contributed by atoms with E-state index in [9.17, 15) is 4.79 Å². The number of nitrogens with zero attached hydrogens (tertiary/aromatic N) is 3. The second kappa shape index (κ2) is 8.57. The summed E-state index contributed by atoms with van der Waals surface area (Å²) >= 11 is 0. The van der Waals surface area contributed by atoms with Gasteiger partial charge in [0, 0.05) is 30.8 Å². The zero-order valence-electron chi connectivity index (χ0n) is 14.3. The number of hydrogen-bond acceptors (Lipinski definition) is 6. The highest BCUT2D eigenvalue weighted by Crippen LogP contribution is 2.17. The lowest BCUT2D eigenvalue weighted by Crippen LogP contribution is -2.26. The fourth-order valence-corrected chi connectivity index (χ4v) is 2.31. The van der Waals surface area contributed by atoms with E-state index in [0.717, 1.165) is 17.0 Å². The Morgan fingerprint density at radius 3 is 2.69 bits per heavy atom. The first-order valence-corrected chi connectivity index (χ1v) is 8.16. The van der Waals surface area contributed by atoms with E-state index < -0.39 is 0 Å². The normalized spacial score (nSPS) is 10.2. The Hall–Kier alpha value is -3.48. The van der Waals surface area contributed by atoms with Crippen molar-refractivity contribution in [3.63, 3.8) is 0 Å². The minimum Gasteiger partial charge on any atom is -0.497 e. The van der Waals surface area contributed by atoms with E-state index >= 15 is 0 Å². The van der Waals surface area contributed by atoms with Crippen molar-refractivity contribution in [3.05, 3.63) is 72.3 Å². The number of methoxy groups -OCH3 is 1. The zero-order valence-corrected chi connectivity index (χ0v) is 14.3. The number of carbonyl (C=O) groups excluding carboxylic acids is 1. The standard InChI is InChI=1S/C19H19N5O2/c1-26-16-6-4-15(5-7-16)23-19-22-12-9-17(24-19)18(25)21-11-8-14-3-2-10-20-13-14/h2-7,9-10,12-13H,8,11H2,1H3,(H,21,25)(H,22,23,24). The van der Waals surface area contributed by atoms with Gasteiger partial charge in [0.2, 0.25) is 5.95 Å². The highest BCUT2D eigenvalue weighted by Gasteiger charge is 2.08. The van der Waals surface area contributed by atoms with E-state index in [0.29, 0.717) is 24.6 Å². The molecule has 0 unspecified atom stereocenters. The largest absolute Gasteiger partial charge is 0.497 e. The molecule has 7 nitrogen and oxygen atoms in total. The molecule has 0 saturated heterocycles. The molecule has 3 rings (SSSR count). The molecule has 0 aliphatic carbocycles. The Morgan fingerprint density at radius 1 is 1.12 bits per heavy atom. The van der Waals surface area contributed by atoms with Crippen LogP contribution in [0.3, 0.4) is 0 Å². The molecular formula is C19H19N5O2. The molecule has 0 atom stereocenters. The lowest BCUT2D eigenvalue weighted by atomic mass is 10.2. The van der Waals surface area contributed by atoms with Gasteiger partial charge in [-0.2, -0.15) is 0 Å². The number of amides is 1. The number of hydrogen-bond donors (Lipinski definition) is 2. The summed E-state index contributed by atoms with van der Waals surface area (Å²) in [7, 11) is 1.61. The van der Waals surface area contributed by atoms with E-state index in [4.69, 9.17) is 4.74 Å². The molecule has 2 N–H and O–H groups in total. The van der Waals surface area contributed by atoms with Gasteiger partial charge in [0.1, 0.15) is 11.4 Å². The van der Waals surface area contributed by atoms with E-state index in [-0.39, 0.29) is 5.91 Å². The van der Waals surface area contributed by atoms with Crippen molar-refractivity contribution in [1.82, 2.24) is 20.3 Å². The van der Waals surface area contributed by atoms with E-state index in [1.807, 2.05) is 36.4 Å². The predicted octanol–water partition coefficient (Wildman–Crippen LogP) is 2.60. The Balaban J connectivity index is 1.58. The summed E-state index contributed by atoms with van der Waals surface area (Å²) in [5.41, 5.74) is 2.18. The van der Waals surface area contributed by atoms with Gasteiger partial charge in [0.25, 0.3) is 5.91 Å². The molecule has 132 valence electrons. The van der Waals surface area contributed by atoms with Crippen LogP contribution in [-0.2, 0) is 6.42 Å². The predicted molar refractivity (Wildman–Crippen MR) is 98.6 cm³/mol. The van der Waals surface area contributed by atoms with Crippen LogP contribution in [0.4, 0.5) is 11.6 Å². The van der Waals surface area contributed by atoms with Crippen LogP contribution >= 0.6 is 0 Å². The first kappa shape index (κ1) is 17.3. The van der Waals surface area contributed by atoms with Gasteiger partial charge < -0.3 is 15.4 Å². The van der Waals surface area contributed by atoms with Gasteiger partial charge in [-0.05, 0) is 48.4 Å². The Labute approximate surface area is 151 Å². The number of pyridine rings is 1. The molecule has 0 saturated carbocycles. The lowest BCUT2D eigenvalue weighted by Gasteiger charge is -2.08. The van der Waals surface area contributed by atoms with Crippen molar-refractivity contribution in [2.75, 3.05) is 19.0 Å².